The topological polar surface area (TPSA) is 38.3 Å². The van der Waals surface area contributed by atoms with Crippen molar-refractivity contribution in [3.8, 4) is 5.75 Å². The Hall–Kier alpha value is -1.65. The molecular formula is C11H13F2NO2. The molecule has 1 N–H and O–H groups in total. The molecule has 5 heteroatoms. The van der Waals surface area contributed by atoms with Crippen LogP contribution < -0.4 is 10.1 Å². The highest BCUT2D eigenvalue weighted by Gasteiger charge is 2.12. The van der Waals surface area contributed by atoms with Gasteiger partial charge in [-0.15, -0.1) is 0 Å². The smallest absolute Gasteiger partial charge is 0.211 e. The highest BCUT2D eigenvalue weighted by atomic mass is 19.1. The van der Waals surface area contributed by atoms with E-state index in [9.17, 15) is 13.6 Å². The predicted molar refractivity (Wildman–Crippen MR) is 56.4 cm³/mol. The number of anilines is 1. The van der Waals surface area contributed by atoms with Gasteiger partial charge in [0.2, 0.25) is 6.41 Å². The lowest BCUT2D eigenvalue weighted by atomic mass is 10.2. The zero-order chi connectivity index (χ0) is 12.1. The number of carbonyl (C=O) groups excluding carboxylic acids is 1. The van der Waals surface area contributed by atoms with Crippen molar-refractivity contribution in [1.29, 1.82) is 0 Å². The summed E-state index contributed by atoms with van der Waals surface area (Å²) in [5.74, 6) is -1.38. The molecule has 0 radical (unpaired) electrons. The molecule has 0 aliphatic heterocycles. The van der Waals surface area contributed by atoms with Gasteiger partial charge in [0.15, 0.2) is 5.82 Å². The summed E-state index contributed by atoms with van der Waals surface area (Å²) < 4.78 is 31.4. The van der Waals surface area contributed by atoms with Gasteiger partial charge in [-0.05, 0) is 5.92 Å². The second-order valence-corrected chi connectivity index (χ2v) is 3.73. The zero-order valence-corrected chi connectivity index (χ0v) is 9.09. The van der Waals surface area contributed by atoms with E-state index in [1.54, 1.807) is 0 Å². The normalized spacial score (nSPS) is 10.3. The number of nitrogens with one attached hydrogen (secondary N) is 1. The molecule has 0 saturated carbocycles. The summed E-state index contributed by atoms with van der Waals surface area (Å²) in [6.45, 7) is 4.13. The van der Waals surface area contributed by atoms with Crippen LogP contribution in [0.2, 0.25) is 0 Å². The molecule has 0 saturated heterocycles. The number of benzene rings is 1. The van der Waals surface area contributed by atoms with Gasteiger partial charge in [-0.3, -0.25) is 4.79 Å². The van der Waals surface area contributed by atoms with Gasteiger partial charge in [-0.2, -0.15) is 0 Å². The van der Waals surface area contributed by atoms with E-state index >= 15 is 0 Å². The maximum atomic E-state index is 13.3. The Balaban J connectivity index is 2.98. The van der Waals surface area contributed by atoms with Crippen molar-refractivity contribution in [3.05, 3.63) is 23.8 Å². The Morgan fingerprint density at radius 2 is 2.12 bits per heavy atom. The molecule has 3 nitrogen and oxygen atoms in total. The second kappa shape index (κ2) is 5.44. The lowest BCUT2D eigenvalue weighted by Gasteiger charge is -2.13. The predicted octanol–water partition coefficient (Wildman–Crippen LogP) is 2.57. The minimum Gasteiger partial charge on any atom is -0.491 e. The molecular weight excluding hydrogens is 216 g/mol. The van der Waals surface area contributed by atoms with Gasteiger partial charge in [-0.25, -0.2) is 8.78 Å². The summed E-state index contributed by atoms with van der Waals surface area (Å²) in [6.07, 6.45) is 0.318. The summed E-state index contributed by atoms with van der Waals surface area (Å²) in [5.41, 5.74) is -0.142. The minimum atomic E-state index is -0.856. The monoisotopic (exact) mass is 229 g/mol. The zero-order valence-electron chi connectivity index (χ0n) is 9.09. The molecule has 0 aromatic heterocycles. The molecule has 0 atom stereocenters. The van der Waals surface area contributed by atoms with Crippen molar-refractivity contribution in [3.63, 3.8) is 0 Å². The molecule has 1 aromatic carbocycles. The van der Waals surface area contributed by atoms with Crippen LogP contribution in [0, 0.1) is 17.6 Å². The number of hydrogen-bond donors (Lipinski definition) is 1. The van der Waals surface area contributed by atoms with Crippen molar-refractivity contribution in [2.75, 3.05) is 11.9 Å². The molecule has 1 rings (SSSR count). The summed E-state index contributed by atoms with van der Waals surface area (Å²) >= 11 is 0. The van der Waals surface area contributed by atoms with Crippen LogP contribution in [0.25, 0.3) is 0 Å². The Morgan fingerprint density at radius 3 is 2.69 bits per heavy atom. The average Bonchev–Trinajstić information content (AvgIpc) is 2.19. The van der Waals surface area contributed by atoms with Gasteiger partial charge >= 0.3 is 0 Å². The van der Waals surface area contributed by atoms with Crippen molar-refractivity contribution in [1.82, 2.24) is 0 Å². The van der Waals surface area contributed by atoms with Gasteiger partial charge in [-0.1, -0.05) is 13.8 Å². The van der Waals surface area contributed by atoms with Crippen LogP contribution in [-0.4, -0.2) is 13.0 Å². The number of halogens is 2. The standard InChI is InChI=1S/C11H13F2NO2/c1-7(2)5-16-10-4-8(12)3-9(13)11(10)14-6-15/h3-4,6-7H,5H2,1-2H3,(H,14,15). The molecule has 0 unspecified atom stereocenters. The van der Waals surface area contributed by atoms with E-state index in [1.165, 1.54) is 0 Å². The number of hydrogen-bond acceptors (Lipinski definition) is 2. The quantitative estimate of drug-likeness (QED) is 0.788. The van der Waals surface area contributed by atoms with Gasteiger partial charge in [0.05, 0.1) is 6.61 Å². The minimum absolute atomic E-state index is 0.00157. The Bertz CT molecular complexity index is 380. The maximum Gasteiger partial charge on any atom is 0.211 e. The molecule has 0 aliphatic rings. The molecule has 1 amide bonds. The molecule has 0 fully saturated rings. The van der Waals surface area contributed by atoms with Gasteiger partial charge in [0, 0.05) is 12.1 Å². The first kappa shape index (κ1) is 12.4. The fraction of sp³-hybridized carbons (Fsp3) is 0.364. The van der Waals surface area contributed by atoms with E-state index < -0.39 is 11.6 Å². The lowest BCUT2D eigenvalue weighted by Crippen LogP contribution is -2.08. The second-order valence-electron chi connectivity index (χ2n) is 3.73. The van der Waals surface area contributed by atoms with Crippen molar-refractivity contribution in [2.24, 2.45) is 5.92 Å². The molecule has 0 spiro atoms. The van der Waals surface area contributed by atoms with E-state index in [4.69, 9.17) is 4.74 Å². The van der Waals surface area contributed by atoms with Crippen LogP contribution in [0.1, 0.15) is 13.8 Å². The third kappa shape index (κ3) is 3.18. The van der Waals surface area contributed by atoms with Gasteiger partial charge in [0.25, 0.3) is 0 Å². The number of ether oxygens (including phenoxy) is 1. The maximum absolute atomic E-state index is 13.3. The summed E-state index contributed by atoms with van der Waals surface area (Å²) in [5, 5.41) is 2.15. The molecule has 0 heterocycles. The summed E-state index contributed by atoms with van der Waals surface area (Å²) in [7, 11) is 0. The molecule has 16 heavy (non-hydrogen) atoms. The van der Waals surface area contributed by atoms with E-state index in [-0.39, 0.29) is 17.4 Å². The first-order chi connectivity index (χ1) is 7.54. The summed E-state index contributed by atoms with van der Waals surface area (Å²) in [6, 6.07) is 1.73. The summed E-state index contributed by atoms with van der Waals surface area (Å²) in [4.78, 5) is 10.3. The lowest BCUT2D eigenvalue weighted by molar-refractivity contribution is -0.105. The van der Waals surface area contributed by atoms with Crippen molar-refractivity contribution in [2.45, 2.75) is 13.8 Å². The number of rotatable bonds is 5. The van der Waals surface area contributed by atoms with Crippen LogP contribution in [-0.2, 0) is 4.79 Å². The van der Waals surface area contributed by atoms with Crippen LogP contribution in [0.5, 0.6) is 5.75 Å². The van der Waals surface area contributed by atoms with E-state index in [0.29, 0.717) is 19.1 Å². The van der Waals surface area contributed by atoms with Crippen LogP contribution >= 0.6 is 0 Å². The molecule has 1 aromatic rings. The largest absolute Gasteiger partial charge is 0.491 e. The fourth-order valence-corrected chi connectivity index (χ4v) is 1.12. The number of amides is 1. The van der Waals surface area contributed by atoms with Gasteiger partial charge in [0.1, 0.15) is 17.3 Å². The highest BCUT2D eigenvalue weighted by molar-refractivity contribution is 5.75. The van der Waals surface area contributed by atoms with E-state index in [0.717, 1.165) is 6.07 Å². The molecule has 0 bridgehead atoms. The van der Waals surface area contributed by atoms with E-state index in [2.05, 4.69) is 5.32 Å². The third-order valence-electron chi connectivity index (χ3n) is 1.79. The Labute approximate surface area is 92.4 Å². The Kier molecular flexibility index (Phi) is 4.22. The van der Waals surface area contributed by atoms with Crippen LogP contribution in [0.15, 0.2) is 12.1 Å². The third-order valence-corrected chi connectivity index (χ3v) is 1.79. The first-order valence-corrected chi connectivity index (χ1v) is 4.86. The van der Waals surface area contributed by atoms with Gasteiger partial charge < -0.3 is 10.1 Å². The van der Waals surface area contributed by atoms with Crippen molar-refractivity contribution < 1.29 is 18.3 Å². The average molecular weight is 229 g/mol. The van der Waals surface area contributed by atoms with E-state index in [1.807, 2.05) is 13.8 Å². The SMILES string of the molecule is CC(C)COc1cc(F)cc(F)c1NC=O. The fourth-order valence-electron chi connectivity index (χ4n) is 1.12. The highest BCUT2D eigenvalue weighted by Crippen LogP contribution is 2.28. The van der Waals surface area contributed by atoms with Crippen LogP contribution in [0.3, 0.4) is 0 Å². The number of carbonyl (C=O) groups is 1. The first-order valence-electron chi connectivity index (χ1n) is 4.86. The molecule has 88 valence electrons. The van der Waals surface area contributed by atoms with Crippen molar-refractivity contribution >= 4 is 12.1 Å². The van der Waals surface area contributed by atoms with Crippen LogP contribution in [0.4, 0.5) is 14.5 Å². The Morgan fingerprint density at radius 1 is 1.44 bits per heavy atom. The molecule has 0 aliphatic carbocycles.